The van der Waals surface area contributed by atoms with E-state index in [1.807, 2.05) is 0 Å². The average molecular weight is 199 g/mol. The summed E-state index contributed by atoms with van der Waals surface area (Å²) >= 11 is 0. The predicted octanol–water partition coefficient (Wildman–Crippen LogP) is 1.33. The van der Waals surface area contributed by atoms with Crippen LogP contribution in [0.25, 0.3) is 0 Å². The van der Waals surface area contributed by atoms with Gasteiger partial charge in [0.2, 0.25) is 10.0 Å². The summed E-state index contributed by atoms with van der Waals surface area (Å²) in [6, 6.07) is 8.43. The molecule has 0 aliphatic heterocycles. The Labute approximate surface area is 79.0 Å². The van der Waals surface area contributed by atoms with Gasteiger partial charge in [0.15, 0.2) is 0 Å². The van der Waals surface area contributed by atoms with Crippen LogP contribution in [0.15, 0.2) is 35.2 Å². The van der Waals surface area contributed by atoms with Crippen LogP contribution in [0, 0.1) is 0 Å². The fraction of sp³-hybridized carbons (Fsp3) is 0.333. The highest BCUT2D eigenvalue weighted by atomic mass is 32.2. The lowest BCUT2D eigenvalue weighted by atomic mass is 10.4. The van der Waals surface area contributed by atoms with Gasteiger partial charge in [-0.25, -0.2) is 12.7 Å². The van der Waals surface area contributed by atoms with Crippen molar-refractivity contribution in [3.05, 3.63) is 30.3 Å². The zero-order valence-corrected chi connectivity index (χ0v) is 8.58. The van der Waals surface area contributed by atoms with E-state index >= 15 is 0 Å². The first-order valence-corrected chi connectivity index (χ1v) is 5.54. The van der Waals surface area contributed by atoms with Crippen molar-refractivity contribution < 1.29 is 8.42 Å². The molecule has 0 atom stereocenters. The van der Waals surface area contributed by atoms with E-state index in [2.05, 4.69) is 0 Å². The quantitative estimate of drug-likeness (QED) is 0.736. The molecule has 1 rings (SSSR count). The Morgan fingerprint density at radius 3 is 2.23 bits per heavy atom. The molecular formula is C9H13NO2S. The monoisotopic (exact) mass is 199 g/mol. The lowest BCUT2D eigenvalue weighted by Gasteiger charge is -2.14. The van der Waals surface area contributed by atoms with E-state index in [1.54, 1.807) is 44.3 Å². The van der Waals surface area contributed by atoms with Crippen LogP contribution in [0.1, 0.15) is 6.92 Å². The zero-order chi connectivity index (χ0) is 9.90. The van der Waals surface area contributed by atoms with Crippen molar-refractivity contribution in [2.45, 2.75) is 11.8 Å². The topological polar surface area (TPSA) is 37.4 Å². The second-order valence-corrected chi connectivity index (χ2v) is 4.78. The van der Waals surface area contributed by atoms with E-state index in [4.69, 9.17) is 0 Å². The van der Waals surface area contributed by atoms with E-state index < -0.39 is 10.0 Å². The minimum Gasteiger partial charge on any atom is -0.207 e. The van der Waals surface area contributed by atoms with E-state index in [-0.39, 0.29) is 0 Å². The van der Waals surface area contributed by atoms with Crippen LogP contribution < -0.4 is 0 Å². The molecule has 0 aliphatic rings. The molecule has 0 bridgehead atoms. The third kappa shape index (κ3) is 2.08. The molecule has 0 amide bonds. The van der Waals surface area contributed by atoms with E-state index in [0.717, 1.165) is 0 Å². The van der Waals surface area contributed by atoms with Gasteiger partial charge >= 0.3 is 0 Å². The van der Waals surface area contributed by atoms with Gasteiger partial charge in [0.1, 0.15) is 0 Å². The van der Waals surface area contributed by atoms with Crippen molar-refractivity contribution in [2.24, 2.45) is 0 Å². The highest BCUT2D eigenvalue weighted by molar-refractivity contribution is 7.89. The molecule has 0 radical (unpaired) electrons. The predicted molar refractivity (Wildman–Crippen MR) is 51.9 cm³/mol. The van der Waals surface area contributed by atoms with Crippen LogP contribution in [0.4, 0.5) is 0 Å². The van der Waals surface area contributed by atoms with Crippen molar-refractivity contribution in [3.8, 4) is 0 Å². The minimum atomic E-state index is -3.26. The Hall–Kier alpha value is -0.870. The average Bonchev–Trinajstić information content (AvgIpc) is 2.18. The first-order valence-electron chi connectivity index (χ1n) is 4.10. The summed E-state index contributed by atoms with van der Waals surface area (Å²) in [5.41, 5.74) is 0. The second-order valence-electron chi connectivity index (χ2n) is 2.73. The lowest BCUT2D eigenvalue weighted by molar-refractivity contribution is 0.486. The van der Waals surface area contributed by atoms with Gasteiger partial charge in [-0.1, -0.05) is 25.1 Å². The molecule has 0 unspecified atom stereocenters. The smallest absolute Gasteiger partial charge is 0.207 e. The van der Waals surface area contributed by atoms with Gasteiger partial charge in [0.25, 0.3) is 0 Å². The van der Waals surface area contributed by atoms with Gasteiger partial charge in [-0.05, 0) is 12.1 Å². The van der Waals surface area contributed by atoms with Gasteiger partial charge < -0.3 is 0 Å². The van der Waals surface area contributed by atoms with Gasteiger partial charge in [-0.3, -0.25) is 0 Å². The van der Waals surface area contributed by atoms with Gasteiger partial charge in [-0.15, -0.1) is 0 Å². The van der Waals surface area contributed by atoms with E-state index in [1.165, 1.54) is 4.31 Å². The molecule has 0 saturated heterocycles. The van der Waals surface area contributed by atoms with Gasteiger partial charge in [0, 0.05) is 13.6 Å². The molecule has 13 heavy (non-hydrogen) atoms. The molecule has 1 aromatic carbocycles. The normalized spacial score (nSPS) is 11.9. The Balaban J connectivity index is 3.09. The van der Waals surface area contributed by atoms with Crippen molar-refractivity contribution in [2.75, 3.05) is 13.6 Å². The Morgan fingerprint density at radius 2 is 1.77 bits per heavy atom. The molecule has 0 heterocycles. The number of rotatable bonds is 3. The summed E-state index contributed by atoms with van der Waals surface area (Å²) in [5, 5.41) is 0. The SMILES string of the molecule is CCN(C)S(=O)(=O)c1ccccc1. The summed E-state index contributed by atoms with van der Waals surface area (Å²) in [6.45, 7) is 2.29. The summed E-state index contributed by atoms with van der Waals surface area (Å²) in [5.74, 6) is 0. The number of benzene rings is 1. The molecular weight excluding hydrogens is 186 g/mol. The fourth-order valence-corrected chi connectivity index (χ4v) is 2.14. The summed E-state index contributed by atoms with van der Waals surface area (Å²) < 4.78 is 24.7. The molecule has 0 saturated carbocycles. The van der Waals surface area contributed by atoms with Crippen molar-refractivity contribution in [1.29, 1.82) is 0 Å². The first-order chi connectivity index (χ1) is 6.09. The van der Waals surface area contributed by atoms with Crippen LogP contribution in [0.3, 0.4) is 0 Å². The standard InChI is InChI=1S/C9H13NO2S/c1-3-10(2)13(11,12)9-7-5-4-6-8-9/h4-8H,3H2,1-2H3. The maximum absolute atomic E-state index is 11.7. The van der Waals surface area contributed by atoms with Gasteiger partial charge in [0.05, 0.1) is 4.90 Å². The maximum atomic E-state index is 11.7. The molecule has 1 aromatic rings. The molecule has 72 valence electrons. The Bertz CT molecular complexity index is 358. The van der Waals surface area contributed by atoms with Crippen molar-refractivity contribution >= 4 is 10.0 Å². The zero-order valence-electron chi connectivity index (χ0n) is 7.77. The second kappa shape index (κ2) is 3.89. The Morgan fingerprint density at radius 1 is 1.23 bits per heavy atom. The highest BCUT2D eigenvalue weighted by Crippen LogP contribution is 2.12. The lowest BCUT2D eigenvalue weighted by Crippen LogP contribution is -2.26. The molecule has 0 fully saturated rings. The number of hydrogen-bond acceptors (Lipinski definition) is 2. The van der Waals surface area contributed by atoms with Crippen LogP contribution >= 0.6 is 0 Å². The third-order valence-corrected chi connectivity index (χ3v) is 3.84. The molecule has 4 heteroatoms. The van der Waals surface area contributed by atoms with Crippen LogP contribution in [0.5, 0.6) is 0 Å². The Kier molecular flexibility index (Phi) is 3.06. The highest BCUT2D eigenvalue weighted by Gasteiger charge is 2.17. The van der Waals surface area contributed by atoms with Crippen LogP contribution in [-0.2, 0) is 10.0 Å². The number of hydrogen-bond donors (Lipinski definition) is 0. The fourth-order valence-electron chi connectivity index (χ4n) is 0.942. The molecule has 0 aliphatic carbocycles. The summed E-state index contributed by atoms with van der Waals surface area (Å²) in [6.07, 6.45) is 0. The van der Waals surface area contributed by atoms with Crippen LogP contribution in [0.2, 0.25) is 0 Å². The minimum absolute atomic E-state index is 0.347. The third-order valence-electron chi connectivity index (χ3n) is 1.90. The molecule has 0 aromatic heterocycles. The first kappa shape index (κ1) is 10.2. The van der Waals surface area contributed by atoms with E-state index in [9.17, 15) is 8.42 Å². The van der Waals surface area contributed by atoms with Crippen molar-refractivity contribution in [3.63, 3.8) is 0 Å². The number of sulfonamides is 1. The largest absolute Gasteiger partial charge is 0.242 e. The molecule has 0 N–H and O–H groups in total. The van der Waals surface area contributed by atoms with Crippen molar-refractivity contribution in [1.82, 2.24) is 4.31 Å². The van der Waals surface area contributed by atoms with Gasteiger partial charge in [-0.2, -0.15) is 0 Å². The maximum Gasteiger partial charge on any atom is 0.242 e. The summed E-state index contributed by atoms with van der Waals surface area (Å²) in [4.78, 5) is 0.347. The summed E-state index contributed by atoms with van der Waals surface area (Å²) in [7, 11) is -1.68. The van der Waals surface area contributed by atoms with E-state index in [0.29, 0.717) is 11.4 Å². The molecule has 0 spiro atoms. The molecule has 3 nitrogen and oxygen atoms in total. The number of nitrogens with zero attached hydrogens (tertiary/aromatic N) is 1. The van der Waals surface area contributed by atoms with Crippen LogP contribution in [-0.4, -0.2) is 26.3 Å².